The van der Waals surface area contributed by atoms with E-state index < -0.39 is 0 Å². The summed E-state index contributed by atoms with van der Waals surface area (Å²) in [5, 5.41) is 3.22. The Morgan fingerprint density at radius 1 is 1.83 bits per heavy atom. The summed E-state index contributed by atoms with van der Waals surface area (Å²) in [5.41, 5.74) is 0. The summed E-state index contributed by atoms with van der Waals surface area (Å²) in [6.45, 7) is 1.20. The van der Waals surface area contributed by atoms with Crippen LogP contribution in [0.15, 0.2) is 0 Å². The van der Waals surface area contributed by atoms with Gasteiger partial charge in [-0.1, -0.05) is 0 Å². The molecule has 1 heterocycles. The van der Waals surface area contributed by atoms with Crippen LogP contribution in [-0.4, -0.2) is 18.3 Å². The van der Waals surface area contributed by atoms with E-state index in [0.717, 1.165) is 11.8 Å². The Balaban J connectivity index is 2.01. The SMILES string of the molecule is SCC1CCN1. The third-order valence-corrected chi connectivity index (χ3v) is 1.59. The zero-order valence-electron chi connectivity index (χ0n) is 3.65. The molecule has 6 heavy (non-hydrogen) atoms. The van der Waals surface area contributed by atoms with Crippen LogP contribution in [-0.2, 0) is 0 Å². The molecule has 0 aromatic heterocycles. The van der Waals surface area contributed by atoms with Crippen molar-refractivity contribution in [1.29, 1.82) is 0 Å². The molecule has 0 spiro atoms. The van der Waals surface area contributed by atoms with E-state index in [0.29, 0.717) is 0 Å². The Kier molecular flexibility index (Phi) is 1.37. The van der Waals surface area contributed by atoms with Crippen LogP contribution < -0.4 is 5.32 Å². The van der Waals surface area contributed by atoms with E-state index >= 15 is 0 Å². The van der Waals surface area contributed by atoms with E-state index in [1.165, 1.54) is 13.0 Å². The first kappa shape index (κ1) is 4.47. The van der Waals surface area contributed by atoms with E-state index in [9.17, 15) is 0 Å². The Bertz CT molecular complexity index is 40.1. The van der Waals surface area contributed by atoms with Gasteiger partial charge >= 0.3 is 0 Å². The summed E-state index contributed by atoms with van der Waals surface area (Å²) in [6.07, 6.45) is 1.32. The maximum atomic E-state index is 4.08. The minimum Gasteiger partial charge on any atom is -0.313 e. The molecule has 1 unspecified atom stereocenters. The number of rotatable bonds is 1. The first-order chi connectivity index (χ1) is 2.93. The van der Waals surface area contributed by atoms with Crippen LogP contribution in [0, 0.1) is 0 Å². The highest BCUT2D eigenvalue weighted by atomic mass is 32.1. The summed E-state index contributed by atoms with van der Waals surface area (Å²) in [4.78, 5) is 0. The van der Waals surface area contributed by atoms with Crippen molar-refractivity contribution in [3.05, 3.63) is 0 Å². The molecule has 1 nitrogen and oxygen atoms in total. The van der Waals surface area contributed by atoms with Crippen molar-refractivity contribution in [2.24, 2.45) is 0 Å². The zero-order valence-corrected chi connectivity index (χ0v) is 4.54. The second-order valence-electron chi connectivity index (χ2n) is 1.62. The van der Waals surface area contributed by atoms with Gasteiger partial charge in [-0.3, -0.25) is 0 Å². The van der Waals surface area contributed by atoms with Crippen molar-refractivity contribution < 1.29 is 0 Å². The Morgan fingerprint density at radius 3 is 2.50 bits per heavy atom. The summed E-state index contributed by atoms with van der Waals surface area (Å²) < 4.78 is 0. The van der Waals surface area contributed by atoms with Gasteiger partial charge in [0.1, 0.15) is 0 Å². The maximum Gasteiger partial charge on any atom is 0.0167 e. The lowest BCUT2D eigenvalue weighted by molar-refractivity contribution is 0.406. The molecule has 1 atom stereocenters. The molecule has 2 heteroatoms. The smallest absolute Gasteiger partial charge is 0.0167 e. The van der Waals surface area contributed by atoms with E-state index in [1.54, 1.807) is 0 Å². The molecular formula is C4H9NS. The van der Waals surface area contributed by atoms with Gasteiger partial charge in [-0.05, 0) is 13.0 Å². The molecule has 0 amide bonds. The van der Waals surface area contributed by atoms with Crippen molar-refractivity contribution in [1.82, 2.24) is 5.32 Å². The average Bonchev–Trinajstić information content (AvgIpc) is 1.31. The van der Waals surface area contributed by atoms with Crippen LogP contribution in [0.25, 0.3) is 0 Å². The Morgan fingerprint density at radius 2 is 2.50 bits per heavy atom. The van der Waals surface area contributed by atoms with Crippen molar-refractivity contribution in [3.63, 3.8) is 0 Å². The molecule has 1 fully saturated rings. The van der Waals surface area contributed by atoms with Gasteiger partial charge in [-0.15, -0.1) is 0 Å². The minimum atomic E-state index is 0.730. The van der Waals surface area contributed by atoms with Gasteiger partial charge in [-0.25, -0.2) is 0 Å². The van der Waals surface area contributed by atoms with Gasteiger partial charge in [0.15, 0.2) is 0 Å². The van der Waals surface area contributed by atoms with Gasteiger partial charge < -0.3 is 5.32 Å². The lowest BCUT2D eigenvalue weighted by atomic mass is 10.1. The van der Waals surface area contributed by atoms with Crippen molar-refractivity contribution >= 4 is 12.6 Å². The lowest BCUT2D eigenvalue weighted by Gasteiger charge is -2.25. The highest BCUT2D eigenvalue weighted by molar-refractivity contribution is 7.80. The normalized spacial score (nSPS) is 32.5. The number of hydrogen-bond donors (Lipinski definition) is 2. The van der Waals surface area contributed by atoms with Crippen LogP contribution in [0.3, 0.4) is 0 Å². The molecule has 0 aromatic rings. The van der Waals surface area contributed by atoms with Crippen LogP contribution in [0.1, 0.15) is 6.42 Å². The third kappa shape index (κ3) is 0.684. The quantitative estimate of drug-likeness (QED) is 0.454. The number of nitrogens with one attached hydrogen (secondary N) is 1. The average molecular weight is 103 g/mol. The van der Waals surface area contributed by atoms with Gasteiger partial charge in [0.25, 0.3) is 0 Å². The zero-order chi connectivity index (χ0) is 4.41. The number of thiol groups is 1. The maximum absolute atomic E-state index is 4.08. The fourth-order valence-electron chi connectivity index (χ4n) is 0.504. The highest BCUT2D eigenvalue weighted by Gasteiger charge is 2.12. The van der Waals surface area contributed by atoms with E-state index in [1.807, 2.05) is 0 Å². The van der Waals surface area contributed by atoms with Gasteiger partial charge in [0.05, 0.1) is 0 Å². The minimum absolute atomic E-state index is 0.730. The van der Waals surface area contributed by atoms with E-state index in [2.05, 4.69) is 17.9 Å². The van der Waals surface area contributed by atoms with E-state index in [-0.39, 0.29) is 0 Å². The second-order valence-corrected chi connectivity index (χ2v) is 1.99. The molecule has 0 radical (unpaired) electrons. The molecule has 1 N–H and O–H groups in total. The van der Waals surface area contributed by atoms with Crippen molar-refractivity contribution in [3.8, 4) is 0 Å². The lowest BCUT2D eigenvalue weighted by Crippen LogP contribution is -2.43. The summed E-state index contributed by atoms with van der Waals surface area (Å²) in [7, 11) is 0. The first-order valence-electron chi connectivity index (χ1n) is 2.27. The Labute approximate surface area is 43.5 Å². The summed E-state index contributed by atoms with van der Waals surface area (Å²) in [6, 6.07) is 0.730. The molecule has 1 aliphatic rings. The summed E-state index contributed by atoms with van der Waals surface area (Å²) >= 11 is 4.08. The predicted molar refractivity (Wildman–Crippen MR) is 30.3 cm³/mol. The molecule has 0 aliphatic carbocycles. The van der Waals surface area contributed by atoms with Crippen LogP contribution in [0.5, 0.6) is 0 Å². The fourth-order valence-corrected chi connectivity index (χ4v) is 0.816. The molecule has 1 rings (SSSR count). The fraction of sp³-hybridized carbons (Fsp3) is 1.00. The molecule has 0 aromatic carbocycles. The second kappa shape index (κ2) is 1.85. The van der Waals surface area contributed by atoms with Crippen molar-refractivity contribution in [2.45, 2.75) is 12.5 Å². The van der Waals surface area contributed by atoms with Crippen LogP contribution in [0.2, 0.25) is 0 Å². The molecular weight excluding hydrogens is 94.1 g/mol. The molecule has 1 aliphatic heterocycles. The highest BCUT2D eigenvalue weighted by Crippen LogP contribution is 2.01. The molecule has 1 saturated heterocycles. The predicted octanol–water partition coefficient (Wildman–Crippen LogP) is 0.278. The summed E-state index contributed by atoms with van der Waals surface area (Å²) in [5.74, 6) is 1.00. The molecule has 0 saturated carbocycles. The van der Waals surface area contributed by atoms with Crippen molar-refractivity contribution in [2.75, 3.05) is 12.3 Å². The topological polar surface area (TPSA) is 12.0 Å². The van der Waals surface area contributed by atoms with Gasteiger partial charge in [0.2, 0.25) is 0 Å². The van der Waals surface area contributed by atoms with E-state index in [4.69, 9.17) is 0 Å². The standard InChI is InChI=1S/C4H9NS/c6-3-4-1-2-5-4/h4-6H,1-3H2. The monoisotopic (exact) mass is 103 g/mol. The molecule has 0 bridgehead atoms. The largest absolute Gasteiger partial charge is 0.313 e. The van der Waals surface area contributed by atoms with Gasteiger partial charge in [-0.2, -0.15) is 12.6 Å². The third-order valence-electron chi connectivity index (χ3n) is 1.15. The molecule has 36 valence electrons. The van der Waals surface area contributed by atoms with Gasteiger partial charge in [0, 0.05) is 11.8 Å². The first-order valence-corrected chi connectivity index (χ1v) is 2.91. The van der Waals surface area contributed by atoms with Crippen LogP contribution in [0.4, 0.5) is 0 Å². The van der Waals surface area contributed by atoms with Crippen LogP contribution >= 0.6 is 12.6 Å². The Hall–Kier alpha value is 0.310. The number of hydrogen-bond acceptors (Lipinski definition) is 2.